The van der Waals surface area contributed by atoms with Crippen LogP contribution in [-0.2, 0) is 0 Å². The van der Waals surface area contributed by atoms with Gasteiger partial charge in [0.2, 0.25) is 0 Å². The van der Waals surface area contributed by atoms with Crippen LogP contribution in [0.3, 0.4) is 0 Å². The Morgan fingerprint density at radius 3 is 1.94 bits per heavy atom. The molecule has 0 aromatic rings. The number of rotatable bonds is 4. The Kier molecular flexibility index (Phi) is 2.78. The summed E-state index contributed by atoms with van der Waals surface area (Å²) >= 11 is 0. The molecule has 16 heavy (non-hydrogen) atoms. The van der Waals surface area contributed by atoms with Crippen LogP contribution in [-0.4, -0.2) is 24.0 Å². The minimum Gasteiger partial charge on any atom is -0.301 e. The first kappa shape index (κ1) is 11.1. The highest BCUT2D eigenvalue weighted by atomic mass is 15.2. The largest absolute Gasteiger partial charge is 0.301 e. The quantitative estimate of drug-likeness (QED) is 0.700. The summed E-state index contributed by atoms with van der Waals surface area (Å²) in [4.78, 5) is 2.75. The maximum atomic E-state index is 2.75. The molecular formula is C15H27N. The fourth-order valence-corrected chi connectivity index (χ4v) is 5.16. The van der Waals surface area contributed by atoms with Gasteiger partial charge in [0.05, 0.1) is 0 Å². The van der Waals surface area contributed by atoms with Crippen LogP contribution < -0.4 is 0 Å². The molecule has 4 aliphatic rings. The van der Waals surface area contributed by atoms with Crippen LogP contribution in [0.15, 0.2) is 0 Å². The highest BCUT2D eigenvalue weighted by Crippen LogP contribution is 2.57. The van der Waals surface area contributed by atoms with E-state index in [0.29, 0.717) is 5.54 Å². The van der Waals surface area contributed by atoms with Crippen LogP contribution in [0.1, 0.15) is 58.3 Å². The average molecular weight is 221 g/mol. The second-order valence-electron chi connectivity index (χ2n) is 6.92. The van der Waals surface area contributed by atoms with E-state index in [9.17, 15) is 0 Å². The SMILES string of the molecule is CCCCN(C)C12CC3CC(CC(C3)C1)C2. The van der Waals surface area contributed by atoms with Gasteiger partial charge in [-0.3, -0.25) is 0 Å². The lowest BCUT2D eigenvalue weighted by Crippen LogP contribution is -2.58. The predicted octanol–water partition coefficient (Wildman–Crippen LogP) is 3.69. The molecule has 4 bridgehead atoms. The first-order valence-electron chi connectivity index (χ1n) is 7.43. The molecule has 0 saturated heterocycles. The van der Waals surface area contributed by atoms with E-state index in [2.05, 4.69) is 18.9 Å². The van der Waals surface area contributed by atoms with Crippen molar-refractivity contribution in [2.75, 3.05) is 13.6 Å². The topological polar surface area (TPSA) is 3.24 Å². The zero-order valence-electron chi connectivity index (χ0n) is 11.0. The Balaban J connectivity index is 1.72. The van der Waals surface area contributed by atoms with Crippen molar-refractivity contribution in [2.45, 2.75) is 63.8 Å². The first-order valence-corrected chi connectivity index (χ1v) is 7.43. The fourth-order valence-electron chi connectivity index (χ4n) is 5.16. The monoisotopic (exact) mass is 221 g/mol. The highest BCUT2D eigenvalue weighted by molar-refractivity contribution is 5.06. The van der Waals surface area contributed by atoms with Gasteiger partial charge < -0.3 is 4.90 Å². The fraction of sp³-hybridized carbons (Fsp3) is 1.00. The van der Waals surface area contributed by atoms with Crippen LogP contribution in [0.5, 0.6) is 0 Å². The van der Waals surface area contributed by atoms with Crippen LogP contribution in [0.2, 0.25) is 0 Å². The van der Waals surface area contributed by atoms with Crippen LogP contribution in [0.25, 0.3) is 0 Å². The Hall–Kier alpha value is -0.0400. The van der Waals surface area contributed by atoms with E-state index in [0.717, 1.165) is 17.8 Å². The molecule has 0 radical (unpaired) electrons. The van der Waals surface area contributed by atoms with Crippen LogP contribution in [0.4, 0.5) is 0 Å². The lowest BCUT2D eigenvalue weighted by atomic mass is 9.52. The summed E-state index contributed by atoms with van der Waals surface area (Å²) in [5.74, 6) is 3.28. The third-order valence-corrected chi connectivity index (χ3v) is 5.66. The van der Waals surface area contributed by atoms with Crippen molar-refractivity contribution in [3.05, 3.63) is 0 Å². The normalized spacial score (nSPS) is 45.6. The van der Waals surface area contributed by atoms with Crippen molar-refractivity contribution < 1.29 is 0 Å². The Labute approximate surface area is 101 Å². The zero-order chi connectivity index (χ0) is 11.2. The molecule has 0 N–H and O–H groups in total. The second-order valence-corrected chi connectivity index (χ2v) is 6.92. The number of hydrogen-bond acceptors (Lipinski definition) is 1. The van der Waals surface area contributed by atoms with Gasteiger partial charge in [0.25, 0.3) is 0 Å². The van der Waals surface area contributed by atoms with Gasteiger partial charge in [-0.1, -0.05) is 13.3 Å². The second kappa shape index (κ2) is 4.01. The maximum Gasteiger partial charge on any atom is 0.0214 e. The zero-order valence-corrected chi connectivity index (χ0v) is 11.0. The third-order valence-electron chi connectivity index (χ3n) is 5.66. The van der Waals surface area contributed by atoms with E-state index >= 15 is 0 Å². The molecule has 0 heterocycles. The lowest BCUT2D eigenvalue weighted by molar-refractivity contribution is -0.0792. The molecule has 0 amide bonds. The number of hydrogen-bond donors (Lipinski definition) is 0. The Bertz CT molecular complexity index is 223. The molecule has 4 fully saturated rings. The molecule has 1 heteroatoms. The highest BCUT2D eigenvalue weighted by Gasteiger charge is 2.52. The third kappa shape index (κ3) is 1.72. The first-order chi connectivity index (χ1) is 7.72. The maximum absolute atomic E-state index is 2.75. The summed E-state index contributed by atoms with van der Waals surface area (Å²) in [6.45, 7) is 3.65. The summed E-state index contributed by atoms with van der Waals surface area (Å²) in [6.07, 6.45) is 12.0. The molecule has 0 aromatic heterocycles. The van der Waals surface area contributed by atoms with Gasteiger partial charge in [0.15, 0.2) is 0 Å². The molecule has 92 valence electrons. The average Bonchev–Trinajstić information content (AvgIpc) is 2.24. The van der Waals surface area contributed by atoms with E-state index < -0.39 is 0 Å². The Morgan fingerprint density at radius 1 is 1.00 bits per heavy atom. The summed E-state index contributed by atoms with van der Waals surface area (Å²) in [5.41, 5.74) is 0.643. The molecular weight excluding hydrogens is 194 g/mol. The molecule has 0 atom stereocenters. The van der Waals surface area contributed by atoms with Crippen molar-refractivity contribution in [3.63, 3.8) is 0 Å². The van der Waals surface area contributed by atoms with Crippen molar-refractivity contribution in [2.24, 2.45) is 17.8 Å². The molecule has 4 rings (SSSR count). The van der Waals surface area contributed by atoms with Gasteiger partial charge in [0.1, 0.15) is 0 Å². The van der Waals surface area contributed by atoms with Gasteiger partial charge in [-0.05, 0) is 76.3 Å². The van der Waals surface area contributed by atoms with Gasteiger partial charge in [-0.2, -0.15) is 0 Å². The molecule has 0 aromatic carbocycles. The van der Waals surface area contributed by atoms with Crippen molar-refractivity contribution >= 4 is 0 Å². The van der Waals surface area contributed by atoms with E-state index in [1.165, 1.54) is 38.6 Å². The minimum atomic E-state index is 0.643. The smallest absolute Gasteiger partial charge is 0.0214 e. The number of nitrogens with zero attached hydrogens (tertiary/aromatic N) is 1. The number of unbranched alkanes of at least 4 members (excludes halogenated alkanes) is 1. The van der Waals surface area contributed by atoms with Gasteiger partial charge in [0, 0.05) is 5.54 Å². The summed E-state index contributed by atoms with van der Waals surface area (Å²) in [6, 6.07) is 0. The molecule has 0 unspecified atom stereocenters. The van der Waals surface area contributed by atoms with Crippen LogP contribution in [0, 0.1) is 17.8 Å². The van der Waals surface area contributed by atoms with E-state index in [1.54, 1.807) is 19.3 Å². The van der Waals surface area contributed by atoms with Gasteiger partial charge in [-0.25, -0.2) is 0 Å². The molecule has 0 aliphatic heterocycles. The van der Waals surface area contributed by atoms with Crippen LogP contribution >= 0.6 is 0 Å². The van der Waals surface area contributed by atoms with E-state index in [1.807, 2.05) is 0 Å². The summed E-state index contributed by atoms with van der Waals surface area (Å²) in [5, 5.41) is 0. The van der Waals surface area contributed by atoms with E-state index in [-0.39, 0.29) is 0 Å². The van der Waals surface area contributed by atoms with Crippen molar-refractivity contribution in [3.8, 4) is 0 Å². The van der Waals surface area contributed by atoms with Crippen molar-refractivity contribution in [1.82, 2.24) is 4.90 Å². The predicted molar refractivity (Wildman–Crippen MR) is 68.4 cm³/mol. The summed E-state index contributed by atoms with van der Waals surface area (Å²) in [7, 11) is 2.41. The molecule has 1 nitrogen and oxygen atoms in total. The van der Waals surface area contributed by atoms with Crippen molar-refractivity contribution in [1.29, 1.82) is 0 Å². The molecule has 4 saturated carbocycles. The van der Waals surface area contributed by atoms with E-state index in [4.69, 9.17) is 0 Å². The molecule has 0 spiro atoms. The molecule has 4 aliphatic carbocycles. The van der Waals surface area contributed by atoms with Gasteiger partial charge in [-0.15, -0.1) is 0 Å². The van der Waals surface area contributed by atoms with Gasteiger partial charge >= 0.3 is 0 Å². The minimum absolute atomic E-state index is 0.643. The standard InChI is InChI=1S/C15H27N/c1-3-4-5-16(2)15-9-12-6-13(10-15)8-14(7-12)11-15/h12-14H,3-11H2,1-2H3. The lowest BCUT2D eigenvalue weighted by Gasteiger charge is -2.60. The summed E-state index contributed by atoms with van der Waals surface area (Å²) < 4.78 is 0. The Morgan fingerprint density at radius 2 is 1.50 bits per heavy atom.